The standard InChI is InChI=1S/C7H9N3O2S/c1-12-6(11)5-4(8)3-9-7(10-5)13-2/h3H,8H2,1-2H3. The molecule has 13 heavy (non-hydrogen) atoms. The molecular formula is C7H9N3O2S. The number of thioether (sulfide) groups is 1. The summed E-state index contributed by atoms with van der Waals surface area (Å²) in [7, 11) is 1.28. The van der Waals surface area contributed by atoms with E-state index in [0.29, 0.717) is 5.16 Å². The van der Waals surface area contributed by atoms with E-state index in [2.05, 4.69) is 14.7 Å². The zero-order valence-corrected chi connectivity index (χ0v) is 8.09. The number of esters is 1. The largest absolute Gasteiger partial charge is 0.464 e. The normalized spacial score (nSPS) is 9.69. The van der Waals surface area contributed by atoms with Gasteiger partial charge in [0.15, 0.2) is 10.9 Å². The Morgan fingerprint density at radius 2 is 2.38 bits per heavy atom. The molecule has 0 aliphatic carbocycles. The Morgan fingerprint density at radius 3 is 2.92 bits per heavy atom. The lowest BCUT2D eigenvalue weighted by Crippen LogP contribution is -2.09. The van der Waals surface area contributed by atoms with E-state index < -0.39 is 5.97 Å². The molecule has 2 N–H and O–H groups in total. The minimum atomic E-state index is -0.546. The molecule has 1 aromatic heterocycles. The molecule has 5 nitrogen and oxygen atoms in total. The first-order valence-corrected chi connectivity index (χ1v) is 4.66. The molecule has 1 aromatic rings. The first-order chi connectivity index (χ1) is 6.19. The van der Waals surface area contributed by atoms with Crippen molar-refractivity contribution in [2.45, 2.75) is 5.16 Å². The molecule has 0 saturated carbocycles. The Balaban J connectivity index is 3.11. The highest BCUT2D eigenvalue weighted by Gasteiger charge is 2.12. The lowest BCUT2D eigenvalue weighted by atomic mass is 10.3. The Labute approximate surface area is 79.7 Å². The first-order valence-electron chi connectivity index (χ1n) is 3.44. The van der Waals surface area contributed by atoms with Gasteiger partial charge in [0.1, 0.15) is 0 Å². The number of anilines is 1. The van der Waals surface area contributed by atoms with Gasteiger partial charge in [0.2, 0.25) is 0 Å². The zero-order valence-electron chi connectivity index (χ0n) is 7.27. The molecule has 1 heterocycles. The molecule has 0 aliphatic rings. The third-order valence-corrected chi connectivity index (χ3v) is 1.92. The third kappa shape index (κ3) is 2.09. The van der Waals surface area contributed by atoms with Crippen LogP contribution in [-0.4, -0.2) is 29.3 Å². The van der Waals surface area contributed by atoms with Crippen LogP contribution in [0.2, 0.25) is 0 Å². The fourth-order valence-electron chi connectivity index (χ4n) is 0.733. The number of hydrogen-bond donors (Lipinski definition) is 1. The van der Waals surface area contributed by atoms with Crippen LogP contribution < -0.4 is 5.73 Å². The number of methoxy groups -OCH3 is 1. The quantitative estimate of drug-likeness (QED) is 0.426. The predicted octanol–water partition coefficient (Wildman–Crippen LogP) is 0.567. The molecule has 0 fully saturated rings. The van der Waals surface area contributed by atoms with E-state index in [1.165, 1.54) is 25.1 Å². The number of nitrogens with zero attached hydrogens (tertiary/aromatic N) is 2. The summed E-state index contributed by atoms with van der Waals surface area (Å²) in [6, 6.07) is 0. The Morgan fingerprint density at radius 1 is 1.69 bits per heavy atom. The van der Waals surface area contributed by atoms with Gasteiger partial charge in [-0.2, -0.15) is 0 Å². The van der Waals surface area contributed by atoms with Crippen molar-refractivity contribution in [2.75, 3.05) is 19.1 Å². The highest BCUT2D eigenvalue weighted by Crippen LogP contribution is 2.13. The van der Waals surface area contributed by atoms with E-state index in [1.54, 1.807) is 0 Å². The molecule has 0 aliphatic heterocycles. The van der Waals surface area contributed by atoms with Gasteiger partial charge < -0.3 is 10.5 Å². The maximum Gasteiger partial charge on any atom is 0.358 e. The lowest BCUT2D eigenvalue weighted by molar-refractivity contribution is 0.0594. The number of hydrogen-bond acceptors (Lipinski definition) is 6. The predicted molar refractivity (Wildman–Crippen MR) is 49.6 cm³/mol. The maximum absolute atomic E-state index is 11.1. The van der Waals surface area contributed by atoms with Crippen LogP contribution in [-0.2, 0) is 4.74 Å². The van der Waals surface area contributed by atoms with Crippen LogP contribution in [0.5, 0.6) is 0 Å². The molecule has 0 unspecified atom stereocenters. The van der Waals surface area contributed by atoms with Crippen molar-refractivity contribution in [1.82, 2.24) is 9.97 Å². The second-order valence-electron chi connectivity index (χ2n) is 2.15. The number of nitrogens with two attached hydrogens (primary N) is 1. The van der Waals surface area contributed by atoms with Crippen molar-refractivity contribution in [3.63, 3.8) is 0 Å². The summed E-state index contributed by atoms with van der Waals surface area (Å²) >= 11 is 1.33. The number of rotatable bonds is 2. The fourth-order valence-corrected chi connectivity index (χ4v) is 1.07. The molecular weight excluding hydrogens is 190 g/mol. The molecule has 0 bridgehead atoms. The van der Waals surface area contributed by atoms with Crippen LogP contribution in [0.4, 0.5) is 5.69 Å². The van der Waals surface area contributed by atoms with Gasteiger partial charge >= 0.3 is 5.97 Å². The minimum absolute atomic E-state index is 0.113. The van der Waals surface area contributed by atoms with E-state index in [0.717, 1.165) is 0 Å². The van der Waals surface area contributed by atoms with E-state index in [4.69, 9.17) is 5.73 Å². The first kappa shape index (κ1) is 9.79. The van der Waals surface area contributed by atoms with E-state index in [9.17, 15) is 4.79 Å². The highest BCUT2D eigenvalue weighted by molar-refractivity contribution is 7.98. The van der Waals surface area contributed by atoms with E-state index in [1.807, 2.05) is 6.26 Å². The molecule has 0 atom stereocenters. The minimum Gasteiger partial charge on any atom is -0.464 e. The Hall–Kier alpha value is -1.30. The summed E-state index contributed by atoms with van der Waals surface area (Å²) in [5.74, 6) is -0.546. The zero-order chi connectivity index (χ0) is 9.84. The van der Waals surface area contributed by atoms with Gasteiger partial charge in [-0.25, -0.2) is 14.8 Å². The van der Waals surface area contributed by atoms with Crippen LogP contribution in [0.1, 0.15) is 10.5 Å². The Kier molecular flexibility index (Phi) is 3.07. The molecule has 6 heteroatoms. The van der Waals surface area contributed by atoms with E-state index >= 15 is 0 Å². The molecule has 70 valence electrons. The van der Waals surface area contributed by atoms with Crippen LogP contribution in [0.3, 0.4) is 0 Å². The lowest BCUT2D eigenvalue weighted by Gasteiger charge is -2.02. The van der Waals surface area contributed by atoms with Crippen molar-refractivity contribution in [1.29, 1.82) is 0 Å². The van der Waals surface area contributed by atoms with Crippen molar-refractivity contribution in [3.05, 3.63) is 11.9 Å². The number of aromatic nitrogens is 2. The van der Waals surface area contributed by atoms with Crippen LogP contribution in [0.15, 0.2) is 11.4 Å². The summed E-state index contributed by atoms with van der Waals surface area (Å²) in [5, 5.41) is 0.495. The number of carbonyl (C=O) groups excluding carboxylic acids is 1. The molecule has 1 rings (SSSR count). The van der Waals surface area contributed by atoms with Crippen molar-refractivity contribution in [2.24, 2.45) is 0 Å². The molecule has 0 saturated heterocycles. The summed E-state index contributed by atoms with van der Waals surface area (Å²) in [6.07, 6.45) is 3.21. The summed E-state index contributed by atoms with van der Waals surface area (Å²) < 4.78 is 4.50. The van der Waals surface area contributed by atoms with Crippen molar-refractivity contribution < 1.29 is 9.53 Å². The van der Waals surface area contributed by atoms with Crippen LogP contribution in [0.25, 0.3) is 0 Å². The van der Waals surface area contributed by atoms with E-state index in [-0.39, 0.29) is 11.4 Å². The van der Waals surface area contributed by atoms with Crippen LogP contribution >= 0.6 is 11.8 Å². The molecule has 0 radical (unpaired) electrons. The molecule has 0 spiro atoms. The molecule has 0 aromatic carbocycles. The van der Waals surface area contributed by atoms with Crippen LogP contribution in [0, 0.1) is 0 Å². The third-order valence-electron chi connectivity index (χ3n) is 1.36. The average Bonchev–Trinajstić information content (AvgIpc) is 2.17. The summed E-state index contributed by atoms with van der Waals surface area (Å²) in [4.78, 5) is 18.9. The van der Waals surface area contributed by atoms with Gasteiger partial charge in [-0.1, -0.05) is 11.8 Å². The summed E-state index contributed by atoms with van der Waals surface area (Å²) in [5.41, 5.74) is 5.82. The monoisotopic (exact) mass is 199 g/mol. The smallest absolute Gasteiger partial charge is 0.358 e. The van der Waals surface area contributed by atoms with Crippen molar-refractivity contribution >= 4 is 23.4 Å². The average molecular weight is 199 g/mol. The second kappa shape index (κ2) is 4.08. The van der Waals surface area contributed by atoms with Gasteiger partial charge in [0, 0.05) is 0 Å². The Bertz CT molecular complexity index is 330. The molecule has 0 amide bonds. The SMILES string of the molecule is COC(=O)c1nc(SC)ncc1N. The summed E-state index contributed by atoms with van der Waals surface area (Å²) in [6.45, 7) is 0. The number of ether oxygens (including phenoxy) is 1. The second-order valence-corrected chi connectivity index (χ2v) is 2.93. The highest BCUT2D eigenvalue weighted by atomic mass is 32.2. The topological polar surface area (TPSA) is 78.1 Å². The van der Waals surface area contributed by atoms with Gasteiger partial charge in [0.05, 0.1) is 19.0 Å². The number of nitrogen functional groups attached to an aromatic ring is 1. The number of carbonyl (C=O) groups is 1. The van der Waals surface area contributed by atoms with Gasteiger partial charge in [-0.3, -0.25) is 0 Å². The maximum atomic E-state index is 11.1. The van der Waals surface area contributed by atoms with Gasteiger partial charge in [-0.15, -0.1) is 0 Å². The fraction of sp³-hybridized carbons (Fsp3) is 0.286. The van der Waals surface area contributed by atoms with Crippen molar-refractivity contribution in [3.8, 4) is 0 Å². The van der Waals surface area contributed by atoms with Gasteiger partial charge in [-0.05, 0) is 6.26 Å². The van der Waals surface area contributed by atoms with Gasteiger partial charge in [0.25, 0.3) is 0 Å².